The molecule has 2 N–H and O–H groups in total. The first-order valence-corrected chi connectivity index (χ1v) is 10.3. The van der Waals surface area contributed by atoms with Gasteiger partial charge in [-0.05, 0) is 61.2 Å². The van der Waals surface area contributed by atoms with Gasteiger partial charge in [-0.2, -0.15) is 8.78 Å². The van der Waals surface area contributed by atoms with Crippen molar-refractivity contribution in [2.24, 2.45) is 0 Å². The summed E-state index contributed by atoms with van der Waals surface area (Å²) in [5, 5.41) is 5.90. The molecule has 8 heteroatoms. The molecule has 0 unspecified atom stereocenters. The molecular formula is C23H27F2N3O3. The molecule has 0 atom stereocenters. The maximum absolute atomic E-state index is 12.5. The molecule has 0 radical (unpaired) electrons. The number of carbonyl (C=O) groups is 2. The van der Waals surface area contributed by atoms with E-state index in [1.54, 1.807) is 37.4 Å². The van der Waals surface area contributed by atoms with E-state index in [1.807, 2.05) is 6.92 Å². The summed E-state index contributed by atoms with van der Waals surface area (Å²) >= 11 is 0. The second kappa shape index (κ2) is 10.2. The number of nitrogens with zero attached hydrogens (tertiary/aromatic N) is 1. The minimum Gasteiger partial charge on any atom is -0.435 e. The van der Waals surface area contributed by atoms with Gasteiger partial charge in [0.25, 0.3) is 5.91 Å². The normalized spacial score (nSPS) is 13.8. The Hall–Kier alpha value is -3.16. The van der Waals surface area contributed by atoms with Crippen molar-refractivity contribution in [3.05, 3.63) is 59.2 Å². The van der Waals surface area contributed by atoms with Crippen LogP contribution in [0.25, 0.3) is 0 Å². The molecule has 0 bridgehead atoms. The first-order valence-electron chi connectivity index (χ1n) is 10.3. The smallest absolute Gasteiger partial charge is 0.387 e. The average molecular weight is 431 g/mol. The maximum Gasteiger partial charge on any atom is 0.387 e. The van der Waals surface area contributed by atoms with Crippen molar-refractivity contribution in [3.8, 4) is 5.75 Å². The topological polar surface area (TPSA) is 70.7 Å². The van der Waals surface area contributed by atoms with Crippen LogP contribution in [-0.2, 0) is 6.54 Å². The standard InChI is InChI=1S/C23H27F2N3O3/c1-15-13-17(21(29)26-18-5-3-4-6-18)9-12-20(15)27-23(30)28(2)14-16-7-10-19(11-8-16)31-22(24)25/h7-13,18,22H,3-6,14H2,1-2H3,(H,26,29)(H,27,30). The van der Waals surface area contributed by atoms with Gasteiger partial charge in [-0.1, -0.05) is 25.0 Å². The van der Waals surface area contributed by atoms with Gasteiger partial charge in [0.15, 0.2) is 0 Å². The lowest BCUT2D eigenvalue weighted by atomic mass is 10.1. The molecule has 31 heavy (non-hydrogen) atoms. The summed E-state index contributed by atoms with van der Waals surface area (Å²) in [5.41, 5.74) is 2.75. The zero-order valence-corrected chi connectivity index (χ0v) is 17.7. The van der Waals surface area contributed by atoms with Crippen LogP contribution in [0.2, 0.25) is 0 Å². The number of carbonyl (C=O) groups excluding carboxylic acids is 2. The van der Waals surface area contributed by atoms with Gasteiger partial charge < -0.3 is 20.3 Å². The number of aryl methyl sites for hydroxylation is 1. The molecule has 3 rings (SSSR count). The average Bonchev–Trinajstić information content (AvgIpc) is 3.23. The lowest BCUT2D eigenvalue weighted by molar-refractivity contribution is -0.0498. The lowest BCUT2D eigenvalue weighted by Gasteiger charge is -2.19. The summed E-state index contributed by atoms with van der Waals surface area (Å²) in [7, 11) is 1.64. The molecule has 0 spiro atoms. The number of rotatable bonds is 7. The predicted molar refractivity (Wildman–Crippen MR) is 114 cm³/mol. The van der Waals surface area contributed by atoms with E-state index >= 15 is 0 Å². The number of hydrogen-bond donors (Lipinski definition) is 2. The Morgan fingerprint density at radius 1 is 1.13 bits per heavy atom. The third-order valence-electron chi connectivity index (χ3n) is 5.34. The number of nitrogens with one attached hydrogen (secondary N) is 2. The summed E-state index contributed by atoms with van der Waals surface area (Å²) in [5.74, 6) is -0.0252. The van der Waals surface area contributed by atoms with E-state index in [4.69, 9.17) is 0 Å². The molecule has 3 amide bonds. The van der Waals surface area contributed by atoms with Gasteiger partial charge in [0, 0.05) is 30.9 Å². The largest absolute Gasteiger partial charge is 0.435 e. The quantitative estimate of drug-likeness (QED) is 0.653. The summed E-state index contributed by atoms with van der Waals surface area (Å²) in [6, 6.07) is 11.3. The number of ether oxygens (including phenoxy) is 1. The van der Waals surface area contributed by atoms with Crippen LogP contribution in [0.1, 0.15) is 47.2 Å². The van der Waals surface area contributed by atoms with E-state index in [9.17, 15) is 18.4 Å². The molecule has 1 saturated carbocycles. The van der Waals surface area contributed by atoms with Crippen LogP contribution >= 0.6 is 0 Å². The Morgan fingerprint density at radius 3 is 2.42 bits per heavy atom. The summed E-state index contributed by atoms with van der Waals surface area (Å²) in [6.45, 7) is -0.742. The van der Waals surface area contributed by atoms with Gasteiger partial charge in [-0.15, -0.1) is 0 Å². The van der Waals surface area contributed by atoms with Gasteiger partial charge in [0.1, 0.15) is 5.75 Å². The summed E-state index contributed by atoms with van der Waals surface area (Å²) in [6.07, 6.45) is 4.34. The minimum absolute atomic E-state index is 0.0681. The first kappa shape index (κ1) is 22.5. The number of anilines is 1. The molecule has 0 heterocycles. The fourth-order valence-corrected chi connectivity index (χ4v) is 3.62. The molecule has 0 saturated heterocycles. The molecule has 2 aromatic rings. The van der Waals surface area contributed by atoms with Gasteiger partial charge in [0.2, 0.25) is 0 Å². The Balaban J connectivity index is 1.55. The molecule has 0 aromatic heterocycles. The van der Waals surface area contributed by atoms with Crippen molar-refractivity contribution in [2.75, 3.05) is 12.4 Å². The highest BCUT2D eigenvalue weighted by Crippen LogP contribution is 2.21. The van der Waals surface area contributed by atoms with Crippen LogP contribution in [0.4, 0.5) is 19.3 Å². The van der Waals surface area contributed by atoms with Crippen molar-refractivity contribution in [1.82, 2.24) is 10.2 Å². The van der Waals surface area contributed by atoms with E-state index in [1.165, 1.54) is 17.0 Å². The Kier molecular flexibility index (Phi) is 7.44. The van der Waals surface area contributed by atoms with Crippen molar-refractivity contribution in [1.29, 1.82) is 0 Å². The maximum atomic E-state index is 12.5. The van der Waals surface area contributed by atoms with Crippen LogP contribution in [-0.4, -0.2) is 36.5 Å². The van der Waals surface area contributed by atoms with E-state index in [0.717, 1.165) is 36.8 Å². The number of amides is 3. The lowest BCUT2D eigenvalue weighted by Crippen LogP contribution is -2.33. The number of alkyl halides is 2. The Morgan fingerprint density at radius 2 is 1.81 bits per heavy atom. The third kappa shape index (κ3) is 6.41. The number of halogens is 2. The zero-order chi connectivity index (χ0) is 22.4. The molecule has 1 fully saturated rings. The summed E-state index contributed by atoms with van der Waals surface area (Å²) < 4.78 is 28.8. The minimum atomic E-state index is -2.87. The van der Waals surface area contributed by atoms with Crippen molar-refractivity contribution in [3.63, 3.8) is 0 Å². The van der Waals surface area contributed by atoms with Gasteiger partial charge >= 0.3 is 12.6 Å². The highest BCUT2D eigenvalue weighted by molar-refractivity contribution is 5.96. The predicted octanol–water partition coefficient (Wildman–Crippen LogP) is 4.93. The van der Waals surface area contributed by atoms with Gasteiger partial charge in [-0.25, -0.2) is 4.79 Å². The molecule has 0 aliphatic heterocycles. The fourth-order valence-electron chi connectivity index (χ4n) is 3.62. The van der Waals surface area contributed by atoms with E-state index in [0.29, 0.717) is 17.8 Å². The van der Waals surface area contributed by atoms with Crippen molar-refractivity contribution >= 4 is 17.6 Å². The molecule has 2 aromatic carbocycles. The zero-order valence-electron chi connectivity index (χ0n) is 17.7. The van der Waals surface area contributed by atoms with E-state index in [2.05, 4.69) is 15.4 Å². The molecule has 1 aliphatic carbocycles. The van der Waals surface area contributed by atoms with Crippen molar-refractivity contribution in [2.45, 2.75) is 51.8 Å². The summed E-state index contributed by atoms with van der Waals surface area (Å²) in [4.78, 5) is 26.4. The second-order valence-corrected chi connectivity index (χ2v) is 7.79. The third-order valence-corrected chi connectivity index (χ3v) is 5.34. The molecule has 166 valence electrons. The second-order valence-electron chi connectivity index (χ2n) is 7.79. The van der Waals surface area contributed by atoms with Crippen LogP contribution in [0.15, 0.2) is 42.5 Å². The highest BCUT2D eigenvalue weighted by Gasteiger charge is 2.19. The number of hydrogen-bond acceptors (Lipinski definition) is 3. The van der Waals surface area contributed by atoms with E-state index in [-0.39, 0.29) is 23.7 Å². The van der Waals surface area contributed by atoms with Crippen LogP contribution < -0.4 is 15.4 Å². The van der Waals surface area contributed by atoms with Crippen LogP contribution in [0.3, 0.4) is 0 Å². The van der Waals surface area contributed by atoms with E-state index < -0.39 is 6.61 Å². The molecule has 6 nitrogen and oxygen atoms in total. The van der Waals surface area contributed by atoms with Gasteiger partial charge in [0.05, 0.1) is 0 Å². The van der Waals surface area contributed by atoms with Crippen LogP contribution in [0, 0.1) is 6.92 Å². The fraction of sp³-hybridized carbons (Fsp3) is 0.391. The van der Waals surface area contributed by atoms with Crippen molar-refractivity contribution < 1.29 is 23.1 Å². The number of benzene rings is 2. The monoisotopic (exact) mass is 431 g/mol. The van der Waals surface area contributed by atoms with Crippen LogP contribution in [0.5, 0.6) is 5.75 Å². The Bertz CT molecular complexity index is 913. The van der Waals surface area contributed by atoms with Gasteiger partial charge in [-0.3, -0.25) is 4.79 Å². The Labute approximate surface area is 180 Å². The molecular weight excluding hydrogens is 404 g/mol. The SMILES string of the molecule is Cc1cc(C(=O)NC2CCCC2)ccc1NC(=O)N(C)Cc1ccc(OC(F)F)cc1. The highest BCUT2D eigenvalue weighted by atomic mass is 19.3. The number of urea groups is 1. The first-order chi connectivity index (χ1) is 14.8. The molecule has 1 aliphatic rings.